The molecule has 1 N–H and O–H groups in total. The van der Waals surface area contributed by atoms with Gasteiger partial charge in [0.05, 0.1) is 24.4 Å². The van der Waals surface area contributed by atoms with Gasteiger partial charge in [-0.2, -0.15) is 5.10 Å². The molecular formula is C36H41N5O2. The summed E-state index contributed by atoms with van der Waals surface area (Å²) in [5.41, 5.74) is 8.12. The minimum atomic E-state index is 0.0402. The second kappa shape index (κ2) is 13.5. The minimum absolute atomic E-state index is 0.0402. The van der Waals surface area contributed by atoms with Crippen molar-refractivity contribution in [3.63, 3.8) is 0 Å². The third kappa shape index (κ3) is 7.13. The van der Waals surface area contributed by atoms with Gasteiger partial charge in [-0.25, -0.2) is 0 Å². The third-order valence-electron chi connectivity index (χ3n) is 8.81. The quantitative estimate of drug-likeness (QED) is 0.254. The number of amides is 1. The van der Waals surface area contributed by atoms with Crippen LogP contribution in [0.3, 0.4) is 0 Å². The second-order valence-corrected chi connectivity index (χ2v) is 11.7. The zero-order valence-electron chi connectivity index (χ0n) is 25.0. The topological polar surface area (TPSA) is 64.7 Å². The standard InChI is InChI=1S/C36H41N5O2/c1-3-36(42)41-18-16-32(17-19-41)39(2)25-28-8-11-30(12-9-28)31-13-15-35-33(24-31)34(37-38-35)14-10-27-4-6-29(7-5-27)26-40-20-22-43-23-21-40/h3-15,24,32H,1,16-23,25-26H2,2H3,(H,37,38)/b14-10+. The van der Waals surface area contributed by atoms with Crippen molar-refractivity contribution >= 4 is 29.0 Å². The fourth-order valence-electron chi connectivity index (χ4n) is 6.14. The number of fused-ring (bicyclic) bond motifs is 1. The Hall–Kier alpha value is -4.04. The van der Waals surface area contributed by atoms with E-state index in [-0.39, 0.29) is 5.91 Å². The number of piperidine rings is 1. The summed E-state index contributed by atoms with van der Waals surface area (Å²) in [6.45, 7) is 10.7. The Morgan fingerprint density at radius 2 is 1.65 bits per heavy atom. The molecule has 3 aromatic carbocycles. The number of nitrogens with zero attached hydrogens (tertiary/aromatic N) is 4. The first-order valence-electron chi connectivity index (χ1n) is 15.3. The summed E-state index contributed by atoms with van der Waals surface area (Å²) < 4.78 is 5.46. The van der Waals surface area contributed by atoms with Gasteiger partial charge in [-0.3, -0.25) is 19.7 Å². The number of carbonyl (C=O) groups is 1. The molecule has 4 aromatic rings. The van der Waals surface area contributed by atoms with Crippen LogP contribution >= 0.6 is 0 Å². The van der Waals surface area contributed by atoms with E-state index in [9.17, 15) is 4.79 Å². The Labute approximate surface area is 254 Å². The molecule has 3 heterocycles. The molecule has 2 saturated heterocycles. The molecule has 6 rings (SSSR count). The maximum absolute atomic E-state index is 11.9. The molecule has 0 unspecified atom stereocenters. The van der Waals surface area contributed by atoms with Crippen LogP contribution in [0.5, 0.6) is 0 Å². The Balaban J connectivity index is 1.08. The normalized spacial score (nSPS) is 16.8. The number of benzene rings is 3. The Morgan fingerprint density at radius 3 is 2.37 bits per heavy atom. The number of aromatic amines is 1. The van der Waals surface area contributed by atoms with Gasteiger partial charge < -0.3 is 9.64 Å². The number of morpholine rings is 1. The highest BCUT2D eigenvalue weighted by Gasteiger charge is 2.24. The summed E-state index contributed by atoms with van der Waals surface area (Å²) in [5, 5.41) is 8.88. The third-order valence-corrected chi connectivity index (χ3v) is 8.81. The molecule has 1 aromatic heterocycles. The van der Waals surface area contributed by atoms with Crippen LogP contribution < -0.4 is 0 Å². The molecule has 0 radical (unpaired) electrons. The Morgan fingerprint density at radius 1 is 0.953 bits per heavy atom. The number of hydrogen-bond acceptors (Lipinski definition) is 5. The van der Waals surface area contributed by atoms with Gasteiger partial charge in [0.2, 0.25) is 5.91 Å². The molecule has 0 aliphatic carbocycles. The number of H-pyrrole nitrogens is 1. The molecule has 222 valence electrons. The van der Waals surface area contributed by atoms with E-state index in [4.69, 9.17) is 4.74 Å². The minimum Gasteiger partial charge on any atom is -0.379 e. The van der Waals surface area contributed by atoms with Gasteiger partial charge in [0.1, 0.15) is 0 Å². The van der Waals surface area contributed by atoms with Gasteiger partial charge in [-0.05, 0) is 72.0 Å². The molecule has 0 saturated carbocycles. The fourth-order valence-corrected chi connectivity index (χ4v) is 6.14. The van der Waals surface area contributed by atoms with E-state index in [0.717, 1.165) is 87.5 Å². The van der Waals surface area contributed by atoms with E-state index in [1.807, 2.05) is 4.90 Å². The van der Waals surface area contributed by atoms with Crippen LogP contribution in [0.4, 0.5) is 0 Å². The Bertz CT molecular complexity index is 1560. The molecule has 7 nitrogen and oxygen atoms in total. The van der Waals surface area contributed by atoms with Crippen LogP contribution in [0.2, 0.25) is 0 Å². The summed E-state index contributed by atoms with van der Waals surface area (Å²) in [5.74, 6) is 0.0402. The summed E-state index contributed by atoms with van der Waals surface area (Å²) in [6.07, 6.45) is 7.64. The van der Waals surface area contributed by atoms with E-state index >= 15 is 0 Å². The smallest absolute Gasteiger partial charge is 0.245 e. The highest BCUT2D eigenvalue weighted by Crippen LogP contribution is 2.27. The number of nitrogens with one attached hydrogen (secondary N) is 1. The van der Waals surface area contributed by atoms with E-state index in [2.05, 4.69) is 113 Å². The van der Waals surface area contributed by atoms with E-state index < -0.39 is 0 Å². The molecule has 2 aliphatic heterocycles. The van der Waals surface area contributed by atoms with E-state index in [1.165, 1.54) is 28.3 Å². The average Bonchev–Trinajstić information content (AvgIpc) is 3.47. The largest absolute Gasteiger partial charge is 0.379 e. The lowest BCUT2D eigenvalue weighted by atomic mass is 10.00. The monoisotopic (exact) mass is 575 g/mol. The van der Waals surface area contributed by atoms with Crippen LogP contribution in [-0.4, -0.2) is 83.3 Å². The summed E-state index contributed by atoms with van der Waals surface area (Å²) in [6, 6.07) is 24.6. The van der Waals surface area contributed by atoms with Crippen molar-refractivity contribution in [1.82, 2.24) is 24.9 Å². The highest BCUT2D eigenvalue weighted by atomic mass is 16.5. The number of ether oxygens (including phenoxy) is 1. The van der Waals surface area contributed by atoms with Crippen LogP contribution in [0.15, 0.2) is 79.4 Å². The van der Waals surface area contributed by atoms with Gasteiger partial charge in [0.25, 0.3) is 0 Å². The Kier molecular flexibility index (Phi) is 9.13. The number of rotatable bonds is 9. The maximum Gasteiger partial charge on any atom is 0.245 e. The van der Waals surface area contributed by atoms with Crippen molar-refractivity contribution in [2.24, 2.45) is 0 Å². The number of hydrogen-bond donors (Lipinski definition) is 1. The predicted octanol–water partition coefficient (Wildman–Crippen LogP) is 5.84. The zero-order valence-corrected chi connectivity index (χ0v) is 25.0. The number of aromatic nitrogens is 2. The summed E-state index contributed by atoms with van der Waals surface area (Å²) in [4.78, 5) is 18.6. The maximum atomic E-state index is 11.9. The van der Waals surface area contributed by atoms with Crippen LogP contribution in [0.25, 0.3) is 34.2 Å². The van der Waals surface area contributed by atoms with Gasteiger partial charge in [-0.1, -0.05) is 67.3 Å². The first-order chi connectivity index (χ1) is 21.1. The predicted molar refractivity (Wildman–Crippen MR) is 174 cm³/mol. The fraction of sp³-hybridized carbons (Fsp3) is 0.333. The average molecular weight is 576 g/mol. The molecule has 2 aliphatic rings. The molecule has 0 bridgehead atoms. The number of likely N-dealkylation sites (tertiary alicyclic amines) is 1. The van der Waals surface area contributed by atoms with Crippen LogP contribution in [0.1, 0.15) is 35.2 Å². The van der Waals surface area contributed by atoms with Crippen molar-refractivity contribution in [2.45, 2.75) is 32.0 Å². The van der Waals surface area contributed by atoms with Gasteiger partial charge >= 0.3 is 0 Å². The lowest BCUT2D eigenvalue weighted by molar-refractivity contribution is -0.127. The van der Waals surface area contributed by atoms with E-state index in [1.54, 1.807) is 0 Å². The van der Waals surface area contributed by atoms with Gasteiger partial charge in [-0.15, -0.1) is 0 Å². The molecule has 2 fully saturated rings. The molecule has 7 heteroatoms. The molecular weight excluding hydrogens is 534 g/mol. The van der Waals surface area contributed by atoms with Crippen molar-refractivity contribution in [3.8, 4) is 11.1 Å². The first kappa shape index (κ1) is 29.1. The highest BCUT2D eigenvalue weighted by molar-refractivity contribution is 5.92. The van der Waals surface area contributed by atoms with Crippen molar-refractivity contribution in [2.75, 3.05) is 46.4 Å². The SMILES string of the molecule is C=CC(=O)N1CCC(N(C)Cc2ccc(-c3ccc4[nH]nc(/C=C/c5ccc(CN6CCOCC6)cc5)c4c3)cc2)CC1. The summed E-state index contributed by atoms with van der Waals surface area (Å²) >= 11 is 0. The lowest BCUT2D eigenvalue weighted by Crippen LogP contribution is -2.44. The number of carbonyl (C=O) groups excluding carboxylic acids is 1. The zero-order chi connectivity index (χ0) is 29.6. The van der Waals surface area contributed by atoms with Crippen LogP contribution in [0, 0.1) is 0 Å². The van der Waals surface area contributed by atoms with Crippen molar-refractivity contribution in [1.29, 1.82) is 0 Å². The first-order valence-corrected chi connectivity index (χ1v) is 15.3. The molecule has 43 heavy (non-hydrogen) atoms. The van der Waals surface area contributed by atoms with Crippen LogP contribution in [-0.2, 0) is 22.6 Å². The van der Waals surface area contributed by atoms with Gasteiger partial charge in [0.15, 0.2) is 0 Å². The van der Waals surface area contributed by atoms with Crippen molar-refractivity contribution in [3.05, 3.63) is 102 Å². The van der Waals surface area contributed by atoms with Crippen molar-refractivity contribution < 1.29 is 9.53 Å². The summed E-state index contributed by atoms with van der Waals surface area (Å²) in [7, 11) is 2.19. The van der Waals surface area contributed by atoms with E-state index in [0.29, 0.717) is 6.04 Å². The molecule has 0 atom stereocenters. The lowest BCUT2D eigenvalue weighted by Gasteiger charge is -2.36. The molecule has 0 spiro atoms. The second-order valence-electron chi connectivity index (χ2n) is 11.7. The molecule has 1 amide bonds. The van der Waals surface area contributed by atoms with Gasteiger partial charge in [0, 0.05) is 50.7 Å².